The highest BCUT2D eigenvalue weighted by atomic mass is 15.2. The fourth-order valence-electron chi connectivity index (χ4n) is 3.10. The molecule has 2 N–H and O–H groups in total. The fraction of sp³-hybridized carbons (Fsp3) is 0.600. The number of piperidine rings is 1. The molecule has 1 aliphatic heterocycles. The molecule has 0 bridgehead atoms. The molecule has 0 aliphatic carbocycles. The standard InChI is InChI=1S/C15H22N4/c1-10-7-15(14(9-17)12(3)18-10)19-11(2)5-4-6-13(19)8-16/h7,11,13H,4-6,8,16H2,1-3H3. The maximum Gasteiger partial charge on any atom is 0.103 e. The number of rotatable bonds is 2. The second-order valence-electron chi connectivity index (χ2n) is 5.43. The van der Waals surface area contributed by atoms with Crippen LogP contribution in [-0.2, 0) is 0 Å². The molecule has 4 heteroatoms. The highest BCUT2D eigenvalue weighted by Gasteiger charge is 2.29. The summed E-state index contributed by atoms with van der Waals surface area (Å²) < 4.78 is 0. The van der Waals surface area contributed by atoms with E-state index in [1.807, 2.05) is 19.9 Å². The summed E-state index contributed by atoms with van der Waals surface area (Å²) in [6, 6.07) is 5.09. The quantitative estimate of drug-likeness (QED) is 0.883. The first kappa shape index (κ1) is 13.8. The van der Waals surface area contributed by atoms with Crippen molar-refractivity contribution in [2.24, 2.45) is 5.73 Å². The van der Waals surface area contributed by atoms with Crippen molar-refractivity contribution < 1.29 is 0 Å². The molecular weight excluding hydrogens is 236 g/mol. The lowest BCUT2D eigenvalue weighted by molar-refractivity contribution is 0.400. The second-order valence-corrected chi connectivity index (χ2v) is 5.43. The van der Waals surface area contributed by atoms with Crippen molar-refractivity contribution in [3.63, 3.8) is 0 Å². The number of aryl methyl sites for hydroxylation is 2. The van der Waals surface area contributed by atoms with Crippen LogP contribution in [0.25, 0.3) is 0 Å². The van der Waals surface area contributed by atoms with Gasteiger partial charge in [-0.2, -0.15) is 5.26 Å². The number of hydrogen-bond donors (Lipinski definition) is 1. The lowest BCUT2D eigenvalue weighted by Crippen LogP contribution is -2.49. The molecule has 4 nitrogen and oxygen atoms in total. The van der Waals surface area contributed by atoms with E-state index in [9.17, 15) is 5.26 Å². The van der Waals surface area contributed by atoms with Gasteiger partial charge in [-0.15, -0.1) is 0 Å². The molecule has 19 heavy (non-hydrogen) atoms. The van der Waals surface area contributed by atoms with E-state index in [4.69, 9.17) is 5.73 Å². The molecule has 1 saturated heterocycles. The molecular formula is C15H22N4. The van der Waals surface area contributed by atoms with Gasteiger partial charge in [0.1, 0.15) is 6.07 Å². The van der Waals surface area contributed by atoms with E-state index in [1.54, 1.807) is 0 Å². The van der Waals surface area contributed by atoms with E-state index in [0.717, 1.165) is 29.9 Å². The van der Waals surface area contributed by atoms with Gasteiger partial charge in [-0.25, -0.2) is 0 Å². The van der Waals surface area contributed by atoms with E-state index < -0.39 is 0 Å². The predicted octanol–water partition coefficient (Wildman–Crippen LogP) is 2.28. The van der Waals surface area contributed by atoms with E-state index in [0.29, 0.717) is 24.2 Å². The largest absolute Gasteiger partial charge is 0.363 e. The summed E-state index contributed by atoms with van der Waals surface area (Å²) in [4.78, 5) is 6.73. The van der Waals surface area contributed by atoms with Crippen molar-refractivity contribution in [3.8, 4) is 6.07 Å². The molecule has 1 fully saturated rings. The van der Waals surface area contributed by atoms with Crippen LogP contribution in [0.1, 0.15) is 43.1 Å². The van der Waals surface area contributed by atoms with E-state index in [-0.39, 0.29) is 0 Å². The zero-order valence-electron chi connectivity index (χ0n) is 12.0. The van der Waals surface area contributed by atoms with Gasteiger partial charge < -0.3 is 10.6 Å². The van der Waals surface area contributed by atoms with E-state index in [2.05, 4.69) is 22.9 Å². The van der Waals surface area contributed by atoms with Crippen molar-refractivity contribution in [3.05, 3.63) is 23.0 Å². The third-order valence-electron chi connectivity index (χ3n) is 4.00. The lowest BCUT2D eigenvalue weighted by Gasteiger charge is -2.42. The Hall–Kier alpha value is -1.60. The number of pyridine rings is 1. The molecule has 102 valence electrons. The van der Waals surface area contributed by atoms with Crippen LogP contribution in [0, 0.1) is 25.2 Å². The lowest BCUT2D eigenvalue weighted by atomic mass is 9.94. The molecule has 2 heterocycles. The monoisotopic (exact) mass is 258 g/mol. The summed E-state index contributed by atoms with van der Waals surface area (Å²) in [5, 5.41) is 9.42. The summed E-state index contributed by atoms with van der Waals surface area (Å²) in [6.45, 7) is 6.73. The van der Waals surface area contributed by atoms with Crippen molar-refractivity contribution in [1.82, 2.24) is 4.98 Å². The Labute approximate surface area is 115 Å². The summed E-state index contributed by atoms with van der Waals surface area (Å²) >= 11 is 0. The zero-order chi connectivity index (χ0) is 14.0. The van der Waals surface area contributed by atoms with Gasteiger partial charge in [-0.3, -0.25) is 4.98 Å². The minimum Gasteiger partial charge on any atom is -0.363 e. The first-order valence-corrected chi connectivity index (χ1v) is 6.95. The SMILES string of the molecule is Cc1cc(N2C(C)CCCC2CN)c(C#N)c(C)n1. The molecule has 0 amide bonds. The van der Waals surface area contributed by atoms with Crippen LogP contribution in [0.3, 0.4) is 0 Å². The van der Waals surface area contributed by atoms with Crippen LogP contribution in [0.2, 0.25) is 0 Å². The van der Waals surface area contributed by atoms with Crippen LogP contribution in [0.15, 0.2) is 6.07 Å². The van der Waals surface area contributed by atoms with Gasteiger partial charge in [-0.05, 0) is 46.1 Å². The average Bonchev–Trinajstić information content (AvgIpc) is 2.37. The van der Waals surface area contributed by atoms with Gasteiger partial charge in [-0.1, -0.05) is 0 Å². The smallest absolute Gasteiger partial charge is 0.103 e. The van der Waals surface area contributed by atoms with Crippen LogP contribution < -0.4 is 10.6 Å². The van der Waals surface area contributed by atoms with Gasteiger partial charge in [0.05, 0.1) is 16.9 Å². The molecule has 0 saturated carbocycles. The van der Waals surface area contributed by atoms with Crippen LogP contribution in [0.4, 0.5) is 5.69 Å². The third kappa shape index (κ3) is 2.57. The molecule has 0 radical (unpaired) electrons. The Balaban J connectivity index is 2.52. The maximum absolute atomic E-state index is 9.42. The molecule has 0 spiro atoms. The second kappa shape index (κ2) is 5.58. The van der Waals surface area contributed by atoms with Gasteiger partial charge >= 0.3 is 0 Å². The average molecular weight is 258 g/mol. The molecule has 0 aromatic carbocycles. The number of hydrogen-bond acceptors (Lipinski definition) is 4. The third-order valence-corrected chi connectivity index (χ3v) is 4.00. The van der Waals surface area contributed by atoms with Gasteiger partial charge in [0, 0.05) is 24.3 Å². The fourth-order valence-corrected chi connectivity index (χ4v) is 3.10. The minimum absolute atomic E-state index is 0.331. The zero-order valence-corrected chi connectivity index (χ0v) is 12.0. The van der Waals surface area contributed by atoms with Gasteiger partial charge in [0.2, 0.25) is 0 Å². The van der Waals surface area contributed by atoms with Crippen LogP contribution in [-0.4, -0.2) is 23.6 Å². The topological polar surface area (TPSA) is 65.9 Å². The van der Waals surface area contributed by atoms with Crippen LogP contribution >= 0.6 is 0 Å². The Morgan fingerprint density at radius 1 is 1.47 bits per heavy atom. The summed E-state index contributed by atoms with van der Waals surface area (Å²) in [6.07, 6.45) is 3.47. The Bertz CT molecular complexity index is 504. The molecule has 2 unspecified atom stereocenters. The summed E-state index contributed by atoms with van der Waals surface area (Å²) in [5.74, 6) is 0. The Morgan fingerprint density at radius 3 is 2.84 bits per heavy atom. The van der Waals surface area contributed by atoms with Crippen LogP contribution in [0.5, 0.6) is 0 Å². The molecule has 2 rings (SSSR count). The van der Waals surface area contributed by atoms with E-state index >= 15 is 0 Å². The molecule has 1 aromatic rings. The predicted molar refractivity (Wildman–Crippen MR) is 77.1 cm³/mol. The summed E-state index contributed by atoms with van der Waals surface area (Å²) in [7, 11) is 0. The maximum atomic E-state index is 9.42. The first-order chi connectivity index (χ1) is 9.08. The van der Waals surface area contributed by atoms with Crippen molar-refractivity contribution in [2.75, 3.05) is 11.4 Å². The van der Waals surface area contributed by atoms with Gasteiger partial charge in [0.25, 0.3) is 0 Å². The van der Waals surface area contributed by atoms with Gasteiger partial charge in [0.15, 0.2) is 0 Å². The van der Waals surface area contributed by atoms with Crippen molar-refractivity contribution in [2.45, 2.75) is 52.1 Å². The minimum atomic E-state index is 0.331. The molecule has 2 atom stereocenters. The Morgan fingerprint density at radius 2 is 2.21 bits per heavy atom. The number of aromatic nitrogens is 1. The first-order valence-electron chi connectivity index (χ1n) is 6.95. The number of anilines is 1. The number of nitriles is 1. The normalized spacial score (nSPS) is 23.2. The number of nitrogens with zero attached hydrogens (tertiary/aromatic N) is 3. The van der Waals surface area contributed by atoms with Crippen molar-refractivity contribution >= 4 is 5.69 Å². The molecule has 1 aromatic heterocycles. The summed E-state index contributed by atoms with van der Waals surface area (Å²) in [5.41, 5.74) is 9.39. The van der Waals surface area contributed by atoms with Crippen molar-refractivity contribution in [1.29, 1.82) is 5.26 Å². The molecule has 1 aliphatic rings. The van der Waals surface area contributed by atoms with E-state index in [1.165, 1.54) is 6.42 Å². The highest BCUT2D eigenvalue weighted by molar-refractivity contribution is 5.63. The Kier molecular flexibility index (Phi) is 4.06. The number of nitrogens with two attached hydrogens (primary N) is 1. The highest BCUT2D eigenvalue weighted by Crippen LogP contribution is 2.32.